The smallest absolute Gasteiger partial charge is 0.210 e. The summed E-state index contributed by atoms with van der Waals surface area (Å²) in [5.41, 5.74) is 2.04. The number of rotatable bonds is 2. The lowest BCUT2D eigenvalue weighted by Crippen LogP contribution is -2.51. The Morgan fingerprint density at radius 2 is 1.46 bits per heavy atom. The summed E-state index contributed by atoms with van der Waals surface area (Å²) in [6, 6.07) is 15.9. The van der Waals surface area contributed by atoms with Crippen molar-refractivity contribution in [3.05, 3.63) is 65.7 Å². The standard InChI is InChI=1S/C20H18N2O2/c23-19-15-10-4-5-11-16(15)20(24)18(22-12-6-7-13-22)17(19)21-14-8-2-1-3-9-14/h1-5,8-11,18H,6-7,12-13H2. The van der Waals surface area contributed by atoms with E-state index >= 15 is 0 Å². The van der Waals surface area contributed by atoms with Crippen LogP contribution < -0.4 is 0 Å². The van der Waals surface area contributed by atoms with Gasteiger partial charge in [0.2, 0.25) is 5.78 Å². The molecule has 1 heterocycles. The maximum absolute atomic E-state index is 13.1. The molecule has 1 saturated heterocycles. The van der Waals surface area contributed by atoms with Gasteiger partial charge in [-0.2, -0.15) is 0 Å². The summed E-state index contributed by atoms with van der Waals surface area (Å²) in [7, 11) is 0. The quantitative estimate of drug-likeness (QED) is 0.853. The maximum Gasteiger partial charge on any atom is 0.210 e. The molecule has 4 heteroatoms. The summed E-state index contributed by atoms with van der Waals surface area (Å²) in [5.74, 6) is -0.146. The zero-order valence-electron chi connectivity index (χ0n) is 13.3. The zero-order valence-corrected chi connectivity index (χ0v) is 13.3. The van der Waals surface area contributed by atoms with Gasteiger partial charge >= 0.3 is 0 Å². The molecule has 0 saturated carbocycles. The number of likely N-dealkylation sites (tertiary alicyclic amines) is 1. The van der Waals surface area contributed by atoms with E-state index < -0.39 is 6.04 Å². The third-order valence-electron chi connectivity index (χ3n) is 4.69. The van der Waals surface area contributed by atoms with Crippen molar-refractivity contribution >= 4 is 23.0 Å². The van der Waals surface area contributed by atoms with Gasteiger partial charge in [-0.25, -0.2) is 4.99 Å². The number of carbonyl (C=O) groups excluding carboxylic acids is 2. The Labute approximate surface area is 140 Å². The van der Waals surface area contributed by atoms with Crippen molar-refractivity contribution in [1.29, 1.82) is 0 Å². The number of aliphatic imine (C=N–C) groups is 1. The van der Waals surface area contributed by atoms with E-state index in [-0.39, 0.29) is 11.6 Å². The highest BCUT2D eigenvalue weighted by molar-refractivity contribution is 6.55. The molecule has 2 aliphatic rings. The van der Waals surface area contributed by atoms with Gasteiger partial charge in [0, 0.05) is 11.1 Å². The van der Waals surface area contributed by atoms with Crippen LogP contribution in [0.25, 0.3) is 0 Å². The molecular formula is C20H18N2O2. The van der Waals surface area contributed by atoms with Crippen molar-refractivity contribution in [2.45, 2.75) is 18.9 Å². The van der Waals surface area contributed by atoms with Crippen molar-refractivity contribution in [3.63, 3.8) is 0 Å². The zero-order chi connectivity index (χ0) is 16.5. The highest BCUT2D eigenvalue weighted by Gasteiger charge is 2.42. The summed E-state index contributed by atoms with van der Waals surface area (Å²) < 4.78 is 0. The number of ketones is 2. The fourth-order valence-corrected chi connectivity index (χ4v) is 3.52. The Morgan fingerprint density at radius 3 is 2.17 bits per heavy atom. The molecule has 0 spiro atoms. The number of fused-ring (bicyclic) bond motifs is 1. The number of para-hydroxylation sites is 1. The Balaban J connectivity index is 1.86. The molecule has 1 fully saturated rings. The maximum atomic E-state index is 13.1. The van der Waals surface area contributed by atoms with Crippen LogP contribution in [0.4, 0.5) is 5.69 Å². The average molecular weight is 318 g/mol. The second kappa shape index (κ2) is 6.13. The topological polar surface area (TPSA) is 49.7 Å². The monoisotopic (exact) mass is 318 g/mol. The highest BCUT2D eigenvalue weighted by atomic mass is 16.1. The first kappa shape index (κ1) is 15.0. The van der Waals surface area contributed by atoms with Gasteiger partial charge in [-0.3, -0.25) is 14.5 Å². The molecule has 0 N–H and O–H groups in total. The van der Waals surface area contributed by atoms with Gasteiger partial charge in [-0.15, -0.1) is 0 Å². The molecule has 1 unspecified atom stereocenters. The summed E-state index contributed by atoms with van der Waals surface area (Å²) in [4.78, 5) is 32.8. The van der Waals surface area contributed by atoms with Crippen molar-refractivity contribution in [2.75, 3.05) is 13.1 Å². The lowest BCUT2D eigenvalue weighted by molar-refractivity contribution is 0.0873. The minimum absolute atomic E-state index is 0.0122. The number of nitrogens with zero attached hydrogens (tertiary/aromatic N) is 2. The van der Waals surface area contributed by atoms with Crippen LogP contribution >= 0.6 is 0 Å². The van der Waals surface area contributed by atoms with E-state index in [4.69, 9.17) is 0 Å². The molecular weight excluding hydrogens is 300 g/mol. The van der Waals surface area contributed by atoms with Crippen LogP contribution in [0.3, 0.4) is 0 Å². The van der Waals surface area contributed by atoms with Crippen LogP contribution in [0.1, 0.15) is 33.6 Å². The molecule has 0 radical (unpaired) electrons. The predicted molar refractivity (Wildman–Crippen MR) is 93.2 cm³/mol. The van der Waals surface area contributed by atoms with Crippen LogP contribution in [-0.2, 0) is 0 Å². The molecule has 2 aromatic carbocycles. The first-order valence-corrected chi connectivity index (χ1v) is 8.31. The van der Waals surface area contributed by atoms with E-state index in [2.05, 4.69) is 9.89 Å². The molecule has 0 amide bonds. The lowest BCUT2D eigenvalue weighted by Gasteiger charge is -2.31. The Bertz CT molecular complexity index is 821. The molecule has 2 aromatic rings. The number of benzene rings is 2. The summed E-state index contributed by atoms with van der Waals surface area (Å²) in [6.45, 7) is 1.67. The Morgan fingerprint density at radius 1 is 0.833 bits per heavy atom. The van der Waals surface area contributed by atoms with Crippen molar-refractivity contribution in [3.8, 4) is 0 Å². The average Bonchev–Trinajstić information content (AvgIpc) is 3.15. The van der Waals surface area contributed by atoms with Crippen molar-refractivity contribution in [2.24, 2.45) is 4.99 Å². The van der Waals surface area contributed by atoms with Crippen LogP contribution in [0.15, 0.2) is 59.6 Å². The van der Waals surface area contributed by atoms with Gasteiger partial charge in [0.25, 0.3) is 0 Å². The van der Waals surface area contributed by atoms with Gasteiger partial charge < -0.3 is 0 Å². The lowest BCUT2D eigenvalue weighted by atomic mass is 9.83. The molecule has 0 aromatic heterocycles. The van der Waals surface area contributed by atoms with E-state index in [1.165, 1.54) is 0 Å². The fraction of sp³-hybridized carbons (Fsp3) is 0.250. The molecule has 24 heavy (non-hydrogen) atoms. The first-order valence-electron chi connectivity index (χ1n) is 8.31. The number of hydrogen-bond acceptors (Lipinski definition) is 4. The number of carbonyl (C=O) groups is 2. The van der Waals surface area contributed by atoms with Crippen LogP contribution in [-0.4, -0.2) is 41.3 Å². The SMILES string of the molecule is O=C1C(=Nc2ccccc2)C(N2CCCC2)C(=O)c2ccccc21. The predicted octanol–water partition coefficient (Wildman–Crippen LogP) is 3.30. The normalized spacial score (nSPS) is 22.8. The second-order valence-electron chi connectivity index (χ2n) is 6.22. The van der Waals surface area contributed by atoms with Crippen LogP contribution in [0.2, 0.25) is 0 Å². The van der Waals surface area contributed by atoms with Gasteiger partial charge in [0.1, 0.15) is 11.8 Å². The Kier molecular flexibility index (Phi) is 3.82. The van der Waals surface area contributed by atoms with Crippen molar-refractivity contribution < 1.29 is 9.59 Å². The van der Waals surface area contributed by atoms with E-state index in [1.807, 2.05) is 36.4 Å². The van der Waals surface area contributed by atoms with Crippen LogP contribution in [0.5, 0.6) is 0 Å². The molecule has 1 aliphatic heterocycles. The number of Topliss-reactive ketones (excluding diaryl/α,β-unsaturated/α-hetero) is 2. The highest BCUT2D eigenvalue weighted by Crippen LogP contribution is 2.27. The van der Waals surface area contributed by atoms with Gasteiger partial charge in [-0.05, 0) is 38.1 Å². The molecule has 1 aliphatic carbocycles. The Hall–Kier alpha value is -2.59. The third-order valence-corrected chi connectivity index (χ3v) is 4.69. The van der Waals surface area contributed by atoms with E-state index in [1.54, 1.807) is 18.2 Å². The molecule has 0 bridgehead atoms. The number of hydrogen-bond donors (Lipinski definition) is 0. The molecule has 120 valence electrons. The molecule has 1 atom stereocenters. The van der Waals surface area contributed by atoms with Crippen LogP contribution in [0, 0.1) is 0 Å². The third kappa shape index (κ3) is 2.49. The van der Waals surface area contributed by atoms with E-state index in [9.17, 15) is 9.59 Å². The summed E-state index contributed by atoms with van der Waals surface area (Å²) >= 11 is 0. The summed E-state index contributed by atoms with van der Waals surface area (Å²) in [6.07, 6.45) is 2.11. The summed E-state index contributed by atoms with van der Waals surface area (Å²) in [5, 5.41) is 0. The first-order chi connectivity index (χ1) is 11.8. The van der Waals surface area contributed by atoms with Crippen molar-refractivity contribution in [1.82, 2.24) is 4.90 Å². The minimum Gasteiger partial charge on any atom is -0.292 e. The fourth-order valence-electron chi connectivity index (χ4n) is 3.52. The minimum atomic E-state index is -0.560. The molecule has 4 nitrogen and oxygen atoms in total. The van der Waals surface area contributed by atoms with Gasteiger partial charge in [0.05, 0.1) is 5.69 Å². The molecule has 4 rings (SSSR count). The van der Waals surface area contributed by atoms with Gasteiger partial charge in [-0.1, -0.05) is 42.5 Å². The van der Waals surface area contributed by atoms with Gasteiger partial charge in [0.15, 0.2) is 5.78 Å². The van der Waals surface area contributed by atoms with E-state index in [0.717, 1.165) is 25.9 Å². The largest absolute Gasteiger partial charge is 0.292 e. The van der Waals surface area contributed by atoms with E-state index in [0.29, 0.717) is 22.5 Å². The second-order valence-corrected chi connectivity index (χ2v) is 6.22.